The minimum absolute atomic E-state index is 0.221. The summed E-state index contributed by atoms with van der Waals surface area (Å²) in [5, 5.41) is 10.7. The predicted molar refractivity (Wildman–Crippen MR) is 72.7 cm³/mol. The van der Waals surface area contributed by atoms with Crippen molar-refractivity contribution in [1.29, 1.82) is 0 Å². The number of alkyl halides is 3. The van der Waals surface area contributed by atoms with Crippen LogP contribution in [0.4, 0.5) is 13.2 Å². The summed E-state index contributed by atoms with van der Waals surface area (Å²) in [5.41, 5.74) is 0.713. The summed E-state index contributed by atoms with van der Waals surface area (Å²) in [7, 11) is 0. The summed E-state index contributed by atoms with van der Waals surface area (Å²) in [6.45, 7) is 0. The molecule has 105 valence electrons. The smallest absolute Gasteiger partial charge is 0.416 e. The number of aromatic nitrogens is 1. The third-order valence-electron chi connectivity index (χ3n) is 3.17. The van der Waals surface area contributed by atoms with E-state index >= 15 is 0 Å². The Morgan fingerprint density at radius 2 is 1.76 bits per heavy atom. The number of benzene rings is 2. The van der Waals surface area contributed by atoms with Gasteiger partial charge in [-0.25, -0.2) is 4.98 Å². The molecule has 0 aliphatic heterocycles. The van der Waals surface area contributed by atoms with Crippen molar-refractivity contribution in [3.05, 3.63) is 60.2 Å². The van der Waals surface area contributed by atoms with Crippen molar-refractivity contribution >= 4 is 10.9 Å². The Morgan fingerprint density at radius 1 is 1.05 bits per heavy atom. The van der Waals surface area contributed by atoms with E-state index in [1.165, 1.54) is 12.1 Å². The van der Waals surface area contributed by atoms with Crippen molar-refractivity contribution in [3.63, 3.8) is 0 Å². The van der Waals surface area contributed by atoms with Crippen molar-refractivity contribution in [2.24, 2.45) is 0 Å². The second kappa shape index (κ2) is 4.77. The van der Waals surface area contributed by atoms with Gasteiger partial charge in [0.2, 0.25) is 5.88 Å². The Labute approximate surface area is 118 Å². The molecule has 5 heteroatoms. The number of fused-ring (bicyclic) bond motifs is 1. The SMILES string of the molecule is Oc1nc2c[c]ccc2cc1-c1ccc(C(F)(F)F)cc1. The molecular formula is C16H9F3NO. The molecule has 1 radical (unpaired) electrons. The minimum atomic E-state index is -4.38. The van der Waals surface area contributed by atoms with E-state index in [0.29, 0.717) is 16.6 Å². The van der Waals surface area contributed by atoms with Crippen LogP contribution in [0.3, 0.4) is 0 Å². The number of nitrogens with zero attached hydrogens (tertiary/aromatic N) is 1. The first-order chi connectivity index (χ1) is 9.95. The molecule has 21 heavy (non-hydrogen) atoms. The molecule has 3 rings (SSSR count). The molecule has 0 fully saturated rings. The summed E-state index contributed by atoms with van der Waals surface area (Å²) >= 11 is 0. The van der Waals surface area contributed by atoms with Crippen LogP contribution in [0.1, 0.15) is 5.56 Å². The topological polar surface area (TPSA) is 33.1 Å². The van der Waals surface area contributed by atoms with Gasteiger partial charge in [0.05, 0.1) is 11.1 Å². The van der Waals surface area contributed by atoms with Crippen LogP contribution < -0.4 is 0 Å². The summed E-state index contributed by atoms with van der Waals surface area (Å²) in [6.07, 6.45) is -4.38. The fourth-order valence-electron chi connectivity index (χ4n) is 2.10. The maximum atomic E-state index is 12.5. The Morgan fingerprint density at radius 3 is 2.43 bits per heavy atom. The monoisotopic (exact) mass is 288 g/mol. The summed E-state index contributed by atoms with van der Waals surface area (Å²) in [4.78, 5) is 4.03. The quantitative estimate of drug-likeness (QED) is 0.718. The van der Waals surface area contributed by atoms with Crippen molar-refractivity contribution in [1.82, 2.24) is 4.98 Å². The van der Waals surface area contributed by atoms with Crippen LogP contribution in [-0.4, -0.2) is 10.1 Å². The van der Waals surface area contributed by atoms with Gasteiger partial charge in [0.15, 0.2) is 0 Å². The Bertz CT molecular complexity index is 795. The third-order valence-corrected chi connectivity index (χ3v) is 3.17. The lowest BCUT2D eigenvalue weighted by molar-refractivity contribution is -0.137. The van der Waals surface area contributed by atoms with Gasteiger partial charge in [0, 0.05) is 10.9 Å². The normalized spacial score (nSPS) is 11.8. The van der Waals surface area contributed by atoms with E-state index in [4.69, 9.17) is 0 Å². The van der Waals surface area contributed by atoms with Crippen LogP contribution in [0.2, 0.25) is 0 Å². The molecule has 2 nitrogen and oxygen atoms in total. The highest BCUT2D eigenvalue weighted by molar-refractivity contribution is 5.85. The van der Waals surface area contributed by atoms with Crippen LogP contribution in [0.5, 0.6) is 5.88 Å². The average Bonchev–Trinajstić information content (AvgIpc) is 2.46. The number of hydrogen-bond acceptors (Lipinski definition) is 2. The van der Waals surface area contributed by atoms with E-state index in [1.54, 1.807) is 24.3 Å². The highest BCUT2D eigenvalue weighted by Crippen LogP contribution is 2.34. The molecule has 0 spiro atoms. The van der Waals surface area contributed by atoms with Crippen LogP contribution in [-0.2, 0) is 6.18 Å². The zero-order valence-corrected chi connectivity index (χ0v) is 10.6. The third kappa shape index (κ3) is 2.54. The molecule has 0 amide bonds. The van der Waals surface area contributed by atoms with Crippen molar-refractivity contribution < 1.29 is 18.3 Å². The predicted octanol–water partition coefficient (Wildman–Crippen LogP) is 4.43. The van der Waals surface area contributed by atoms with E-state index in [0.717, 1.165) is 17.5 Å². The Hall–Kier alpha value is -2.56. The zero-order valence-electron chi connectivity index (χ0n) is 10.6. The molecule has 2 aromatic carbocycles. The van der Waals surface area contributed by atoms with E-state index in [9.17, 15) is 18.3 Å². The lowest BCUT2D eigenvalue weighted by atomic mass is 10.0. The molecule has 1 aromatic heterocycles. The molecule has 0 saturated heterocycles. The minimum Gasteiger partial charge on any atom is -0.493 e. The van der Waals surface area contributed by atoms with Gasteiger partial charge in [-0.05, 0) is 35.9 Å². The first kappa shape index (κ1) is 13.4. The van der Waals surface area contributed by atoms with Crippen molar-refractivity contribution in [2.75, 3.05) is 0 Å². The highest BCUT2D eigenvalue weighted by Gasteiger charge is 2.30. The number of rotatable bonds is 1. The molecule has 0 unspecified atom stereocenters. The van der Waals surface area contributed by atoms with Gasteiger partial charge in [-0.1, -0.05) is 24.3 Å². The van der Waals surface area contributed by atoms with Gasteiger partial charge < -0.3 is 5.11 Å². The fourth-order valence-corrected chi connectivity index (χ4v) is 2.10. The molecule has 1 N–H and O–H groups in total. The molecule has 0 saturated carbocycles. The van der Waals surface area contributed by atoms with E-state index in [2.05, 4.69) is 11.1 Å². The van der Waals surface area contributed by atoms with Crippen molar-refractivity contribution in [3.8, 4) is 17.0 Å². The Kier molecular flexibility index (Phi) is 3.05. The lowest BCUT2D eigenvalue weighted by Gasteiger charge is -2.09. The summed E-state index contributed by atoms with van der Waals surface area (Å²) in [5.74, 6) is -0.221. The van der Waals surface area contributed by atoms with Gasteiger partial charge in [-0.3, -0.25) is 0 Å². The van der Waals surface area contributed by atoms with E-state index in [1.807, 2.05) is 0 Å². The van der Waals surface area contributed by atoms with Gasteiger partial charge >= 0.3 is 6.18 Å². The summed E-state index contributed by atoms with van der Waals surface area (Å²) in [6, 6.07) is 14.3. The van der Waals surface area contributed by atoms with E-state index < -0.39 is 11.7 Å². The fraction of sp³-hybridized carbons (Fsp3) is 0.0625. The molecule has 0 bridgehead atoms. The zero-order chi connectivity index (χ0) is 15.0. The molecule has 0 aliphatic carbocycles. The Balaban J connectivity index is 2.09. The van der Waals surface area contributed by atoms with Crippen molar-refractivity contribution in [2.45, 2.75) is 6.18 Å². The van der Waals surface area contributed by atoms with E-state index in [-0.39, 0.29) is 5.88 Å². The van der Waals surface area contributed by atoms with Crippen LogP contribution >= 0.6 is 0 Å². The molecule has 0 aliphatic rings. The second-order valence-electron chi connectivity index (χ2n) is 4.55. The maximum Gasteiger partial charge on any atom is 0.416 e. The summed E-state index contributed by atoms with van der Waals surface area (Å²) < 4.78 is 37.6. The number of halogens is 3. The first-order valence-electron chi connectivity index (χ1n) is 6.12. The second-order valence-corrected chi connectivity index (χ2v) is 4.55. The molecular weight excluding hydrogens is 279 g/mol. The number of pyridine rings is 1. The largest absolute Gasteiger partial charge is 0.493 e. The van der Waals surface area contributed by atoms with Gasteiger partial charge in [0.25, 0.3) is 0 Å². The number of aromatic hydroxyl groups is 1. The lowest BCUT2D eigenvalue weighted by Crippen LogP contribution is -2.04. The average molecular weight is 288 g/mol. The van der Waals surface area contributed by atoms with Crippen LogP contribution in [0, 0.1) is 6.07 Å². The van der Waals surface area contributed by atoms with Crippen LogP contribution in [0.15, 0.2) is 48.5 Å². The van der Waals surface area contributed by atoms with Crippen LogP contribution in [0.25, 0.3) is 22.0 Å². The van der Waals surface area contributed by atoms with Gasteiger partial charge in [-0.2, -0.15) is 13.2 Å². The molecule has 1 heterocycles. The first-order valence-corrected chi connectivity index (χ1v) is 6.12. The van der Waals surface area contributed by atoms with Gasteiger partial charge in [-0.15, -0.1) is 0 Å². The standard InChI is InChI=1S/C16H9F3NO/c17-16(18,19)12-7-5-10(6-8-12)13-9-11-3-1-2-4-14(11)20-15(13)21/h1,3-9H,(H,20,21). The molecule has 3 aromatic rings. The molecule has 0 atom stereocenters. The maximum absolute atomic E-state index is 12.5. The number of hydrogen-bond donors (Lipinski definition) is 1. The highest BCUT2D eigenvalue weighted by atomic mass is 19.4. The van der Waals surface area contributed by atoms with Gasteiger partial charge in [0.1, 0.15) is 0 Å².